The number of aliphatic carboxylic acids is 1. The van der Waals surface area contributed by atoms with Crippen molar-refractivity contribution in [1.82, 2.24) is 4.90 Å². The van der Waals surface area contributed by atoms with Crippen molar-refractivity contribution >= 4 is 23.5 Å². The molecule has 0 bridgehead atoms. The van der Waals surface area contributed by atoms with E-state index in [2.05, 4.69) is 5.32 Å². The number of piperidine rings is 1. The monoisotopic (exact) mass is 384 g/mol. The van der Waals surface area contributed by atoms with E-state index in [1.54, 1.807) is 31.2 Å². The zero-order chi connectivity index (χ0) is 20.3. The van der Waals surface area contributed by atoms with E-state index in [0.29, 0.717) is 30.6 Å². The number of nitrogens with one attached hydrogen (secondary N) is 1. The molecular weight excluding hydrogens is 363 g/mol. The van der Waals surface area contributed by atoms with Crippen LogP contribution in [0.2, 0.25) is 0 Å². The zero-order valence-corrected chi connectivity index (χ0v) is 15.4. The topological polar surface area (TPSA) is 86.7 Å². The number of nitrogens with zero attached hydrogens (tertiary/aromatic N) is 1. The fourth-order valence-electron chi connectivity index (χ4n) is 3.27. The number of carbonyl (C=O) groups excluding carboxylic acids is 2. The maximum absolute atomic E-state index is 13.8. The minimum Gasteiger partial charge on any atom is -0.481 e. The number of aryl methyl sites for hydroxylation is 1. The molecule has 1 aliphatic rings. The van der Waals surface area contributed by atoms with Crippen LogP contribution in [0.3, 0.4) is 0 Å². The predicted molar refractivity (Wildman–Crippen MR) is 102 cm³/mol. The van der Waals surface area contributed by atoms with Crippen LogP contribution >= 0.6 is 0 Å². The van der Waals surface area contributed by atoms with Gasteiger partial charge in [0.1, 0.15) is 5.82 Å². The van der Waals surface area contributed by atoms with Gasteiger partial charge < -0.3 is 15.3 Å². The van der Waals surface area contributed by atoms with Crippen molar-refractivity contribution in [3.05, 3.63) is 65.0 Å². The Balaban J connectivity index is 1.79. The van der Waals surface area contributed by atoms with Gasteiger partial charge in [0.2, 0.25) is 0 Å². The first-order chi connectivity index (χ1) is 13.4. The molecule has 0 radical (unpaired) electrons. The standard InChI is InChI=1S/C21H21FN2O4/c1-13-8-9-14(20(26)24-10-4-5-15(12-24)21(27)28)11-18(13)23-19(25)16-6-2-3-7-17(16)22/h2-3,6-9,11,15H,4-5,10,12H2,1H3,(H,23,25)(H,27,28). The van der Waals surface area contributed by atoms with E-state index in [0.717, 1.165) is 5.56 Å². The summed E-state index contributed by atoms with van der Waals surface area (Å²) < 4.78 is 13.8. The van der Waals surface area contributed by atoms with E-state index in [4.69, 9.17) is 0 Å². The third kappa shape index (κ3) is 4.19. The molecule has 2 amide bonds. The lowest BCUT2D eigenvalue weighted by Crippen LogP contribution is -2.42. The maximum Gasteiger partial charge on any atom is 0.308 e. The summed E-state index contributed by atoms with van der Waals surface area (Å²) in [7, 11) is 0. The van der Waals surface area contributed by atoms with Crippen molar-refractivity contribution in [1.29, 1.82) is 0 Å². The molecule has 7 heteroatoms. The number of hydrogen-bond donors (Lipinski definition) is 2. The molecule has 3 rings (SSSR count). The second-order valence-corrected chi connectivity index (χ2v) is 6.89. The van der Waals surface area contributed by atoms with Crippen molar-refractivity contribution in [2.75, 3.05) is 18.4 Å². The molecule has 2 N–H and O–H groups in total. The van der Waals surface area contributed by atoms with Gasteiger partial charge in [-0.1, -0.05) is 18.2 Å². The van der Waals surface area contributed by atoms with Crippen LogP contribution in [-0.4, -0.2) is 40.9 Å². The summed E-state index contributed by atoms with van der Waals surface area (Å²) in [6.45, 7) is 2.43. The molecule has 1 saturated heterocycles. The van der Waals surface area contributed by atoms with E-state index in [-0.39, 0.29) is 18.0 Å². The van der Waals surface area contributed by atoms with Gasteiger partial charge in [0, 0.05) is 24.3 Å². The zero-order valence-electron chi connectivity index (χ0n) is 15.4. The summed E-state index contributed by atoms with van der Waals surface area (Å²) in [4.78, 5) is 37.9. The van der Waals surface area contributed by atoms with Crippen LogP contribution in [0, 0.1) is 18.7 Å². The van der Waals surface area contributed by atoms with E-state index in [9.17, 15) is 23.9 Å². The summed E-state index contributed by atoms with van der Waals surface area (Å²) in [6, 6.07) is 10.5. The minimum atomic E-state index is -0.903. The number of benzene rings is 2. The van der Waals surface area contributed by atoms with Crippen molar-refractivity contribution in [2.24, 2.45) is 5.92 Å². The largest absolute Gasteiger partial charge is 0.481 e. The molecule has 146 valence electrons. The lowest BCUT2D eigenvalue weighted by molar-refractivity contribution is -0.143. The smallest absolute Gasteiger partial charge is 0.308 e. The highest BCUT2D eigenvalue weighted by Gasteiger charge is 2.28. The Hall–Kier alpha value is -3.22. The molecule has 0 aliphatic carbocycles. The van der Waals surface area contributed by atoms with E-state index >= 15 is 0 Å². The van der Waals surface area contributed by atoms with Gasteiger partial charge in [0.05, 0.1) is 11.5 Å². The molecule has 2 aromatic rings. The van der Waals surface area contributed by atoms with Gasteiger partial charge in [-0.15, -0.1) is 0 Å². The predicted octanol–water partition coefficient (Wildman–Crippen LogP) is 3.32. The van der Waals surface area contributed by atoms with Crippen LogP contribution in [0.4, 0.5) is 10.1 Å². The van der Waals surface area contributed by atoms with E-state index < -0.39 is 23.6 Å². The molecule has 28 heavy (non-hydrogen) atoms. The van der Waals surface area contributed by atoms with Gasteiger partial charge in [0.15, 0.2) is 0 Å². The number of anilines is 1. The first kappa shape index (κ1) is 19.5. The Morgan fingerprint density at radius 2 is 1.93 bits per heavy atom. The molecule has 0 saturated carbocycles. The number of hydrogen-bond acceptors (Lipinski definition) is 3. The second kappa shape index (κ2) is 8.21. The summed E-state index contributed by atoms with van der Waals surface area (Å²) in [5, 5.41) is 11.9. The molecule has 1 heterocycles. The fraction of sp³-hybridized carbons (Fsp3) is 0.286. The van der Waals surface area contributed by atoms with Crippen molar-refractivity contribution in [3.63, 3.8) is 0 Å². The molecule has 2 aromatic carbocycles. The number of halogens is 1. The molecule has 0 aromatic heterocycles. The Morgan fingerprint density at radius 1 is 1.18 bits per heavy atom. The first-order valence-corrected chi connectivity index (χ1v) is 9.05. The van der Waals surface area contributed by atoms with Crippen LogP contribution in [0.25, 0.3) is 0 Å². The van der Waals surface area contributed by atoms with Crippen LogP contribution in [0.1, 0.15) is 39.1 Å². The number of carbonyl (C=O) groups is 3. The Kier molecular flexibility index (Phi) is 5.73. The van der Waals surface area contributed by atoms with Crippen LogP contribution in [-0.2, 0) is 4.79 Å². The summed E-state index contributed by atoms with van der Waals surface area (Å²) >= 11 is 0. The average Bonchev–Trinajstić information content (AvgIpc) is 2.69. The Labute approximate surface area is 162 Å². The minimum absolute atomic E-state index is 0.0843. The highest BCUT2D eigenvalue weighted by atomic mass is 19.1. The Bertz CT molecular complexity index is 928. The van der Waals surface area contributed by atoms with Crippen molar-refractivity contribution in [3.8, 4) is 0 Å². The SMILES string of the molecule is Cc1ccc(C(=O)N2CCCC(C(=O)O)C2)cc1NC(=O)c1ccccc1F. The lowest BCUT2D eigenvalue weighted by Gasteiger charge is -2.31. The third-order valence-electron chi connectivity index (χ3n) is 4.91. The quantitative estimate of drug-likeness (QED) is 0.847. The van der Waals surface area contributed by atoms with Crippen LogP contribution < -0.4 is 5.32 Å². The lowest BCUT2D eigenvalue weighted by atomic mass is 9.97. The average molecular weight is 384 g/mol. The second-order valence-electron chi connectivity index (χ2n) is 6.89. The normalized spacial score (nSPS) is 16.5. The third-order valence-corrected chi connectivity index (χ3v) is 4.91. The van der Waals surface area contributed by atoms with Gasteiger partial charge in [-0.2, -0.15) is 0 Å². The highest BCUT2D eigenvalue weighted by Crippen LogP contribution is 2.23. The summed E-state index contributed by atoms with van der Waals surface area (Å²) in [5.41, 5.74) is 1.40. The van der Waals surface area contributed by atoms with E-state index in [1.165, 1.54) is 23.1 Å². The number of amides is 2. The Morgan fingerprint density at radius 3 is 2.64 bits per heavy atom. The fourth-order valence-corrected chi connectivity index (χ4v) is 3.27. The van der Waals surface area contributed by atoms with Gasteiger partial charge in [-0.25, -0.2) is 4.39 Å². The first-order valence-electron chi connectivity index (χ1n) is 9.05. The molecule has 6 nitrogen and oxygen atoms in total. The van der Waals surface area contributed by atoms with Crippen molar-refractivity contribution < 1.29 is 23.9 Å². The maximum atomic E-state index is 13.8. The van der Waals surface area contributed by atoms with Gasteiger partial charge in [-0.3, -0.25) is 14.4 Å². The molecule has 1 atom stereocenters. The molecule has 0 spiro atoms. The summed E-state index contributed by atoms with van der Waals surface area (Å²) in [5.74, 6) is -2.98. The number of likely N-dealkylation sites (tertiary alicyclic amines) is 1. The molecule has 1 aliphatic heterocycles. The highest BCUT2D eigenvalue weighted by molar-refractivity contribution is 6.05. The molecular formula is C21H21FN2O4. The van der Waals surface area contributed by atoms with E-state index in [1.807, 2.05) is 0 Å². The van der Waals surface area contributed by atoms with Crippen molar-refractivity contribution in [2.45, 2.75) is 19.8 Å². The number of carboxylic acid groups (broad SMARTS) is 1. The van der Waals surface area contributed by atoms with Gasteiger partial charge in [0.25, 0.3) is 11.8 Å². The van der Waals surface area contributed by atoms with Crippen LogP contribution in [0.15, 0.2) is 42.5 Å². The molecule has 1 unspecified atom stereocenters. The number of rotatable bonds is 4. The number of carboxylic acids is 1. The van der Waals surface area contributed by atoms with Gasteiger partial charge in [-0.05, 0) is 49.6 Å². The van der Waals surface area contributed by atoms with Gasteiger partial charge >= 0.3 is 5.97 Å². The molecule has 1 fully saturated rings. The van der Waals surface area contributed by atoms with Crippen LogP contribution in [0.5, 0.6) is 0 Å². The summed E-state index contributed by atoms with van der Waals surface area (Å²) in [6.07, 6.45) is 1.18.